The smallest absolute Gasteiger partial charge is 0.123 e. The predicted molar refractivity (Wildman–Crippen MR) is 45.3 cm³/mol. The van der Waals surface area contributed by atoms with E-state index in [1.807, 2.05) is 6.92 Å². The first-order chi connectivity index (χ1) is 5.27. The van der Waals surface area contributed by atoms with E-state index >= 15 is 0 Å². The molecule has 0 aromatic heterocycles. The van der Waals surface area contributed by atoms with Crippen LogP contribution in [0.4, 0.5) is 4.39 Å². The summed E-state index contributed by atoms with van der Waals surface area (Å²) in [4.78, 5) is 0. The summed E-state index contributed by atoms with van der Waals surface area (Å²) < 4.78 is 12.6. The normalized spacial score (nSPS) is 10.1. The Labute approximate surface area is 71.0 Å². The molecule has 60 valence electrons. The number of aryl methyl sites for hydroxylation is 1. The van der Waals surface area contributed by atoms with E-state index in [0.29, 0.717) is 5.88 Å². The van der Waals surface area contributed by atoms with Crippen molar-refractivity contribution in [2.24, 2.45) is 0 Å². The van der Waals surface area contributed by atoms with Crippen molar-refractivity contribution in [3.8, 4) is 0 Å². The Bertz CT molecular complexity index is 245. The average Bonchev–Trinajstić information content (AvgIpc) is 2.04. The second-order valence-electron chi connectivity index (χ2n) is 2.40. The second kappa shape index (κ2) is 3.72. The van der Waals surface area contributed by atoms with Crippen LogP contribution in [0.15, 0.2) is 18.2 Å². The molecule has 0 amide bonds. The summed E-state index contributed by atoms with van der Waals surface area (Å²) in [6.07, 6.45) is 0.905. The van der Waals surface area contributed by atoms with Gasteiger partial charge in [-0.25, -0.2) is 4.39 Å². The molecule has 0 nitrogen and oxygen atoms in total. The highest BCUT2D eigenvalue weighted by atomic mass is 35.5. The first-order valence-electron chi connectivity index (χ1n) is 3.61. The molecular formula is C9H10ClF. The van der Waals surface area contributed by atoms with E-state index in [0.717, 1.165) is 17.5 Å². The van der Waals surface area contributed by atoms with Gasteiger partial charge in [0, 0.05) is 5.88 Å². The molecule has 1 aromatic rings. The minimum atomic E-state index is -0.210. The molecule has 0 saturated heterocycles. The Morgan fingerprint density at radius 3 is 2.64 bits per heavy atom. The van der Waals surface area contributed by atoms with Crippen molar-refractivity contribution in [2.75, 3.05) is 0 Å². The largest absolute Gasteiger partial charge is 0.207 e. The summed E-state index contributed by atoms with van der Waals surface area (Å²) in [5, 5.41) is 0. The van der Waals surface area contributed by atoms with Gasteiger partial charge in [-0.05, 0) is 29.7 Å². The van der Waals surface area contributed by atoms with Crippen LogP contribution in [0.5, 0.6) is 0 Å². The second-order valence-corrected chi connectivity index (χ2v) is 2.67. The molecule has 1 aromatic carbocycles. The Balaban J connectivity index is 3.06. The lowest BCUT2D eigenvalue weighted by molar-refractivity contribution is 0.625. The van der Waals surface area contributed by atoms with Crippen molar-refractivity contribution in [3.63, 3.8) is 0 Å². The van der Waals surface area contributed by atoms with Crippen LogP contribution >= 0.6 is 11.6 Å². The summed E-state index contributed by atoms with van der Waals surface area (Å²) in [6.45, 7) is 2.03. The fourth-order valence-electron chi connectivity index (χ4n) is 1.06. The first kappa shape index (κ1) is 8.54. The van der Waals surface area contributed by atoms with Gasteiger partial charge in [0.25, 0.3) is 0 Å². The zero-order valence-electron chi connectivity index (χ0n) is 6.40. The van der Waals surface area contributed by atoms with E-state index < -0.39 is 0 Å². The van der Waals surface area contributed by atoms with Crippen molar-refractivity contribution in [3.05, 3.63) is 35.1 Å². The standard InChI is InChI=1S/C9H10ClF/c1-2-7-3-4-9(11)5-8(7)6-10/h3-5H,2,6H2,1H3. The number of hydrogen-bond donors (Lipinski definition) is 0. The van der Waals surface area contributed by atoms with Crippen LogP contribution in [0.3, 0.4) is 0 Å². The quantitative estimate of drug-likeness (QED) is 0.602. The van der Waals surface area contributed by atoms with E-state index in [9.17, 15) is 4.39 Å². The van der Waals surface area contributed by atoms with E-state index in [1.165, 1.54) is 12.1 Å². The SMILES string of the molecule is CCc1ccc(F)cc1CCl. The van der Waals surface area contributed by atoms with Crippen LogP contribution in [0, 0.1) is 5.82 Å². The third-order valence-corrected chi connectivity index (χ3v) is 1.98. The van der Waals surface area contributed by atoms with Gasteiger partial charge in [-0.3, -0.25) is 0 Å². The average molecular weight is 173 g/mol. The van der Waals surface area contributed by atoms with Crippen molar-refractivity contribution in [1.29, 1.82) is 0 Å². The molecule has 0 fully saturated rings. The Morgan fingerprint density at radius 2 is 2.09 bits per heavy atom. The topological polar surface area (TPSA) is 0 Å². The van der Waals surface area contributed by atoms with Crippen LogP contribution < -0.4 is 0 Å². The van der Waals surface area contributed by atoms with Gasteiger partial charge in [0.1, 0.15) is 5.82 Å². The van der Waals surface area contributed by atoms with E-state index in [4.69, 9.17) is 11.6 Å². The van der Waals surface area contributed by atoms with Gasteiger partial charge in [0.05, 0.1) is 0 Å². The Morgan fingerprint density at radius 1 is 1.36 bits per heavy atom. The molecule has 0 spiro atoms. The summed E-state index contributed by atoms with van der Waals surface area (Å²) in [5.41, 5.74) is 2.02. The molecule has 0 heterocycles. The maximum Gasteiger partial charge on any atom is 0.123 e. The highest BCUT2D eigenvalue weighted by Gasteiger charge is 1.99. The third kappa shape index (κ3) is 1.93. The van der Waals surface area contributed by atoms with Crippen LogP contribution in [-0.2, 0) is 12.3 Å². The highest BCUT2D eigenvalue weighted by Crippen LogP contribution is 2.13. The van der Waals surface area contributed by atoms with E-state index in [-0.39, 0.29) is 5.82 Å². The fourth-order valence-corrected chi connectivity index (χ4v) is 1.31. The zero-order valence-corrected chi connectivity index (χ0v) is 7.16. The van der Waals surface area contributed by atoms with Gasteiger partial charge in [-0.2, -0.15) is 0 Å². The van der Waals surface area contributed by atoms with E-state index in [1.54, 1.807) is 6.07 Å². The van der Waals surface area contributed by atoms with Crippen LogP contribution in [0.25, 0.3) is 0 Å². The van der Waals surface area contributed by atoms with Gasteiger partial charge >= 0.3 is 0 Å². The summed E-state index contributed by atoms with van der Waals surface area (Å²) in [5.74, 6) is 0.179. The molecule has 0 aliphatic carbocycles. The van der Waals surface area contributed by atoms with Crippen molar-refractivity contribution >= 4 is 11.6 Å². The molecule has 2 heteroatoms. The van der Waals surface area contributed by atoms with Crippen LogP contribution in [-0.4, -0.2) is 0 Å². The molecular weight excluding hydrogens is 163 g/mol. The van der Waals surface area contributed by atoms with Crippen molar-refractivity contribution in [2.45, 2.75) is 19.2 Å². The molecule has 0 radical (unpaired) electrons. The maximum atomic E-state index is 12.6. The van der Waals surface area contributed by atoms with Gasteiger partial charge in [0.2, 0.25) is 0 Å². The Kier molecular flexibility index (Phi) is 2.89. The number of halogens is 2. The monoisotopic (exact) mass is 172 g/mol. The number of hydrogen-bond acceptors (Lipinski definition) is 0. The third-order valence-electron chi connectivity index (χ3n) is 1.69. The molecule has 0 aliphatic heterocycles. The van der Waals surface area contributed by atoms with Gasteiger partial charge in [-0.15, -0.1) is 11.6 Å². The lowest BCUT2D eigenvalue weighted by Crippen LogP contribution is -1.90. The highest BCUT2D eigenvalue weighted by molar-refractivity contribution is 6.17. The van der Waals surface area contributed by atoms with Gasteiger partial charge in [-0.1, -0.05) is 13.0 Å². The molecule has 0 bridgehead atoms. The lowest BCUT2D eigenvalue weighted by Gasteiger charge is -2.02. The van der Waals surface area contributed by atoms with Crippen molar-refractivity contribution in [1.82, 2.24) is 0 Å². The zero-order chi connectivity index (χ0) is 8.27. The molecule has 0 saturated carbocycles. The summed E-state index contributed by atoms with van der Waals surface area (Å²) in [7, 11) is 0. The number of rotatable bonds is 2. The number of benzene rings is 1. The molecule has 0 unspecified atom stereocenters. The molecule has 0 aliphatic rings. The van der Waals surface area contributed by atoms with Gasteiger partial charge in [0.15, 0.2) is 0 Å². The van der Waals surface area contributed by atoms with E-state index in [2.05, 4.69) is 0 Å². The summed E-state index contributed by atoms with van der Waals surface area (Å²) in [6, 6.07) is 4.74. The maximum absolute atomic E-state index is 12.6. The molecule has 0 N–H and O–H groups in total. The number of alkyl halides is 1. The minimum Gasteiger partial charge on any atom is -0.207 e. The first-order valence-corrected chi connectivity index (χ1v) is 4.14. The molecule has 0 atom stereocenters. The summed E-state index contributed by atoms with van der Waals surface area (Å²) >= 11 is 5.62. The molecule has 1 rings (SSSR count). The minimum absolute atomic E-state index is 0.210. The fraction of sp³-hybridized carbons (Fsp3) is 0.333. The predicted octanol–water partition coefficient (Wildman–Crippen LogP) is 3.13. The molecule has 11 heavy (non-hydrogen) atoms. The van der Waals surface area contributed by atoms with Crippen molar-refractivity contribution < 1.29 is 4.39 Å². The van der Waals surface area contributed by atoms with Crippen LogP contribution in [0.1, 0.15) is 18.1 Å². The van der Waals surface area contributed by atoms with Crippen LogP contribution in [0.2, 0.25) is 0 Å². The van der Waals surface area contributed by atoms with Gasteiger partial charge < -0.3 is 0 Å². The lowest BCUT2D eigenvalue weighted by atomic mass is 10.1. The Hall–Kier alpha value is -0.560.